The highest BCUT2D eigenvalue weighted by Gasteiger charge is 2.20. The van der Waals surface area contributed by atoms with E-state index in [4.69, 9.17) is 0 Å². The standard InChI is InChI=1S/C18H27NS/c1-13(12-18(2,3)4)11-16(19-5)15-8-6-7-14-9-10-20-17(14)15/h6-10,13,16,19H,11-12H2,1-5H3. The zero-order valence-corrected chi connectivity index (χ0v) is 14.2. The highest BCUT2D eigenvalue weighted by atomic mass is 32.1. The minimum atomic E-state index is 0.409. The van der Waals surface area contributed by atoms with Crippen LogP contribution < -0.4 is 5.32 Å². The van der Waals surface area contributed by atoms with Crippen molar-refractivity contribution in [2.45, 2.75) is 46.6 Å². The van der Waals surface area contributed by atoms with Gasteiger partial charge in [0.05, 0.1) is 0 Å². The minimum absolute atomic E-state index is 0.409. The van der Waals surface area contributed by atoms with E-state index in [9.17, 15) is 0 Å². The molecule has 2 heteroatoms. The van der Waals surface area contributed by atoms with Crippen molar-refractivity contribution in [3.8, 4) is 0 Å². The van der Waals surface area contributed by atoms with Crippen LogP contribution in [0.15, 0.2) is 29.6 Å². The molecule has 2 aromatic rings. The number of hydrogen-bond acceptors (Lipinski definition) is 2. The Balaban J connectivity index is 2.18. The summed E-state index contributed by atoms with van der Waals surface area (Å²) in [6.07, 6.45) is 2.47. The Morgan fingerprint density at radius 2 is 1.95 bits per heavy atom. The Morgan fingerprint density at radius 3 is 2.60 bits per heavy atom. The predicted molar refractivity (Wildman–Crippen MR) is 91.5 cm³/mol. The van der Waals surface area contributed by atoms with E-state index in [1.807, 2.05) is 11.3 Å². The van der Waals surface area contributed by atoms with Crippen molar-refractivity contribution in [2.24, 2.45) is 11.3 Å². The number of benzene rings is 1. The van der Waals surface area contributed by atoms with Crippen LogP contribution >= 0.6 is 11.3 Å². The average molecular weight is 289 g/mol. The number of fused-ring (bicyclic) bond motifs is 1. The van der Waals surface area contributed by atoms with Crippen LogP contribution in [0.2, 0.25) is 0 Å². The van der Waals surface area contributed by atoms with Crippen molar-refractivity contribution in [3.05, 3.63) is 35.2 Å². The van der Waals surface area contributed by atoms with Gasteiger partial charge in [-0.3, -0.25) is 0 Å². The number of rotatable bonds is 5. The summed E-state index contributed by atoms with van der Waals surface area (Å²) < 4.78 is 1.44. The molecule has 2 rings (SSSR count). The Kier molecular flexibility index (Phi) is 4.87. The molecule has 0 aliphatic rings. The topological polar surface area (TPSA) is 12.0 Å². The first-order chi connectivity index (χ1) is 9.40. The van der Waals surface area contributed by atoms with Crippen LogP contribution in [-0.2, 0) is 0 Å². The maximum absolute atomic E-state index is 3.52. The van der Waals surface area contributed by atoms with Gasteiger partial charge in [0.15, 0.2) is 0 Å². The third-order valence-electron chi connectivity index (χ3n) is 3.83. The second kappa shape index (κ2) is 6.28. The maximum atomic E-state index is 3.52. The summed E-state index contributed by atoms with van der Waals surface area (Å²) in [6.45, 7) is 9.37. The molecule has 0 aliphatic carbocycles. The molecule has 1 N–H and O–H groups in total. The Labute approximate surface area is 127 Å². The van der Waals surface area contributed by atoms with Gasteiger partial charge in [0.2, 0.25) is 0 Å². The summed E-state index contributed by atoms with van der Waals surface area (Å²) in [5.41, 5.74) is 1.87. The van der Waals surface area contributed by atoms with E-state index >= 15 is 0 Å². The fraction of sp³-hybridized carbons (Fsp3) is 0.556. The second-order valence-corrected chi connectivity index (χ2v) is 8.05. The number of hydrogen-bond donors (Lipinski definition) is 1. The number of thiophene rings is 1. The predicted octanol–water partition coefficient (Wildman–Crippen LogP) is 5.62. The van der Waals surface area contributed by atoms with Crippen LogP contribution in [-0.4, -0.2) is 7.05 Å². The van der Waals surface area contributed by atoms with Gasteiger partial charge in [-0.15, -0.1) is 11.3 Å². The first kappa shape index (κ1) is 15.5. The lowest BCUT2D eigenvalue weighted by molar-refractivity contribution is 0.279. The molecule has 0 saturated heterocycles. The Morgan fingerprint density at radius 1 is 1.20 bits per heavy atom. The summed E-state index contributed by atoms with van der Waals surface area (Å²) in [5.74, 6) is 0.725. The Hall–Kier alpha value is -0.860. The summed E-state index contributed by atoms with van der Waals surface area (Å²) in [7, 11) is 2.08. The van der Waals surface area contributed by atoms with Crippen LogP contribution in [0, 0.1) is 11.3 Å². The summed E-state index contributed by atoms with van der Waals surface area (Å²) in [4.78, 5) is 0. The highest BCUT2D eigenvalue weighted by Crippen LogP contribution is 2.34. The third-order valence-corrected chi connectivity index (χ3v) is 4.81. The SMILES string of the molecule is CNC(CC(C)CC(C)(C)C)c1cccc2ccsc12. The van der Waals surface area contributed by atoms with Gasteiger partial charge in [-0.25, -0.2) is 0 Å². The quantitative estimate of drug-likeness (QED) is 0.752. The molecule has 0 aliphatic heterocycles. The third kappa shape index (κ3) is 3.83. The molecule has 1 nitrogen and oxygen atoms in total. The van der Waals surface area contributed by atoms with E-state index in [-0.39, 0.29) is 0 Å². The van der Waals surface area contributed by atoms with Crippen LogP contribution in [0.4, 0.5) is 0 Å². The van der Waals surface area contributed by atoms with Crippen LogP contribution in [0.1, 0.15) is 52.1 Å². The van der Waals surface area contributed by atoms with Gasteiger partial charge in [0, 0.05) is 10.7 Å². The number of nitrogens with one attached hydrogen (secondary N) is 1. The summed E-state index contributed by atoms with van der Waals surface area (Å²) >= 11 is 1.86. The van der Waals surface area contributed by atoms with Gasteiger partial charge in [0.1, 0.15) is 0 Å². The van der Waals surface area contributed by atoms with E-state index < -0.39 is 0 Å². The van der Waals surface area contributed by atoms with E-state index in [1.165, 1.54) is 28.5 Å². The molecule has 0 fully saturated rings. The normalized spacial score (nSPS) is 15.4. The molecule has 1 heterocycles. The monoisotopic (exact) mass is 289 g/mol. The van der Waals surface area contributed by atoms with Crippen molar-refractivity contribution >= 4 is 21.4 Å². The molecule has 0 bridgehead atoms. The molecule has 0 radical (unpaired) electrons. The minimum Gasteiger partial charge on any atom is -0.313 e. The second-order valence-electron chi connectivity index (χ2n) is 7.13. The van der Waals surface area contributed by atoms with Gasteiger partial charge in [-0.1, -0.05) is 45.9 Å². The van der Waals surface area contributed by atoms with Crippen LogP contribution in [0.3, 0.4) is 0 Å². The fourth-order valence-electron chi connectivity index (χ4n) is 3.22. The van der Waals surface area contributed by atoms with Gasteiger partial charge in [0.25, 0.3) is 0 Å². The Bertz CT molecular complexity index is 550. The van der Waals surface area contributed by atoms with E-state index in [2.05, 4.69) is 69.7 Å². The molecule has 2 unspecified atom stereocenters. The van der Waals surface area contributed by atoms with Crippen molar-refractivity contribution < 1.29 is 0 Å². The van der Waals surface area contributed by atoms with Crippen molar-refractivity contribution in [1.82, 2.24) is 5.32 Å². The lowest BCUT2D eigenvalue weighted by Crippen LogP contribution is -2.21. The molecule has 110 valence electrons. The molecule has 0 amide bonds. The molecular formula is C18H27NS. The largest absolute Gasteiger partial charge is 0.313 e. The fourth-order valence-corrected chi connectivity index (χ4v) is 4.19. The van der Waals surface area contributed by atoms with Crippen molar-refractivity contribution in [2.75, 3.05) is 7.05 Å². The zero-order valence-electron chi connectivity index (χ0n) is 13.4. The first-order valence-corrected chi connectivity index (χ1v) is 8.42. The maximum Gasteiger partial charge on any atom is 0.0390 e. The molecule has 1 aromatic carbocycles. The first-order valence-electron chi connectivity index (χ1n) is 7.54. The molecule has 0 spiro atoms. The van der Waals surface area contributed by atoms with Gasteiger partial charge >= 0.3 is 0 Å². The van der Waals surface area contributed by atoms with E-state index in [0.29, 0.717) is 11.5 Å². The lowest BCUT2D eigenvalue weighted by Gasteiger charge is -2.27. The summed E-state index contributed by atoms with van der Waals surface area (Å²) in [5, 5.41) is 7.09. The molecule has 0 saturated carbocycles. The lowest BCUT2D eigenvalue weighted by atomic mass is 9.82. The summed E-state index contributed by atoms with van der Waals surface area (Å²) in [6, 6.07) is 9.34. The molecule has 1 aromatic heterocycles. The van der Waals surface area contributed by atoms with Gasteiger partial charge < -0.3 is 5.32 Å². The molecule has 2 atom stereocenters. The van der Waals surface area contributed by atoms with Crippen molar-refractivity contribution in [1.29, 1.82) is 0 Å². The van der Waals surface area contributed by atoms with Gasteiger partial charge in [-0.05, 0) is 53.6 Å². The van der Waals surface area contributed by atoms with E-state index in [0.717, 1.165) is 5.92 Å². The zero-order chi connectivity index (χ0) is 14.8. The average Bonchev–Trinajstić information content (AvgIpc) is 2.81. The molecule has 20 heavy (non-hydrogen) atoms. The van der Waals surface area contributed by atoms with Gasteiger partial charge in [-0.2, -0.15) is 0 Å². The van der Waals surface area contributed by atoms with Crippen molar-refractivity contribution in [3.63, 3.8) is 0 Å². The highest BCUT2D eigenvalue weighted by molar-refractivity contribution is 7.17. The van der Waals surface area contributed by atoms with Crippen LogP contribution in [0.25, 0.3) is 10.1 Å². The smallest absolute Gasteiger partial charge is 0.0390 e. The van der Waals surface area contributed by atoms with Crippen LogP contribution in [0.5, 0.6) is 0 Å². The molecular weight excluding hydrogens is 262 g/mol. The van der Waals surface area contributed by atoms with E-state index in [1.54, 1.807) is 0 Å².